The summed E-state index contributed by atoms with van der Waals surface area (Å²) in [6, 6.07) is 17.1. The summed E-state index contributed by atoms with van der Waals surface area (Å²) in [7, 11) is 0. The van der Waals surface area contributed by atoms with Gasteiger partial charge in [-0.3, -0.25) is 4.79 Å². The summed E-state index contributed by atoms with van der Waals surface area (Å²) in [6.45, 7) is 1.92. The molecule has 0 spiro atoms. The molecule has 0 saturated carbocycles. The molecular weight excluding hydrogens is 305 g/mol. The Balaban J connectivity index is 1.80. The van der Waals surface area contributed by atoms with Crippen molar-refractivity contribution in [1.29, 1.82) is 0 Å². The molecule has 1 N–H and O–H groups in total. The monoisotopic (exact) mass is 321 g/mol. The summed E-state index contributed by atoms with van der Waals surface area (Å²) >= 11 is 0. The minimum absolute atomic E-state index is 0.298. The van der Waals surface area contributed by atoms with Crippen LogP contribution >= 0.6 is 0 Å². The number of carbonyl (C=O) groups is 1. The van der Waals surface area contributed by atoms with E-state index in [1.165, 1.54) is 12.1 Å². The minimum atomic E-state index is -0.381. The van der Waals surface area contributed by atoms with E-state index in [0.29, 0.717) is 17.8 Å². The number of hydrazone groups is 1. The van der Waals surface area contributed by atoms with E-state index >= 15 is 0 Å². The molecule has 1 aromatic heterocycles. The second-order valence-corrected chi connectivity index (χ2v) is 5.25. The number of carbonyl (C=O) groups excluding carboxylic acids is 1. The molecule has 24 heavy (non-hydrogen) atoms. The molecule has 3 rings (SSSR count). The Morgan fingerprint density at radius 3 is 2.58 bits per heavy atom. The summed E-state index contributed by atoms with van der Waals surface area (Å²) < 4.78 is 13.0. The molecule has 4 nitrogen and oxygen atoms in total. The molecule has 0 unspecified atom stereocenters. The van der Waals surface area contributed by atoms with Gasteiger partial charge in [0.1, 0.15) is 11.5 Å². The number of fused-ring (bicyclic) bond motifs is 1. The lowest BCUT2D eigenvalue weighted by Crippen LogP contribution is -2.21. The maximum Gasteiger partial charge on any atom is 0.289 e. The van der Waals surface area contributed by atoms with E-state index in [4.69, 9.17) is 0 Å². The fourth-order valence-corrected chi connectivity index (χ4v) is 2.36. The van der Waals surface area contributed by atoms with Crippen molar-refractivity contribution in [3.63, 3.8) is 0 Å². The van der Waals surface area contributed by atoms with Gasteiger partial charge in [0.15, 0.2) is 0 Å². The molecule has 5 heteroatoms. The molecule has 0 fully saturated rings. The average Bonchev–Trinajstić information content (AvgIpc) is 2.63. The number of aromatic nitrogens is 1. The van der Waals surface area contributed by atoms with Gasteiger partial charge in [0.2, 0.25) is 0 Å². The van der Waals surface area contributed by atoms with Crippen molar-refractivity contribution in [1.82, 2.24) is 10.4 Å². The van der Waals surface area contributed by atoms with Crippen LogP contribution in [0.2, 0.25) is 0 Å². The highest BCUT2D eigenvalue weighted by molar-refractivity contribution is 6.02. The molecule has 0 aliphatic rings. The zero-order chi connectivity index (χ0) is 16.9. The number of pyridine rings is 1. The summed E-state index contributed by atoms with van der Waals surface area (Å²) in [5.74, 6) is -0.688. The molecule has 0 aliphatic heterocycles. The second-order valence-electron chi connectivity index (χ2n) is 5.25. The predicted molar refractivity (Wildman–Crippen MR) is 92.4 cm³/mol. The van der Waals surface area contributed by atoms with Gasteiger partial charge >= 0.3 is 0 Å². The first-order chi connectivity index (χ1) is 11.7. The van der Waals surface area contributed by atoms with Crippen LogP contribution in [0.1, 0.15) is 29.4 Å². The molecule has 1 amide bonds. The number of rotatable bonds is 4. The van der Waals surface area contributed by atoms with Crippen molar-refractivity contribution in [3.05, 3.63) is 77.7 Å². The fraction of sp³-hybridized carbons (Fsp3) is 0.105. The molecule has 0 aliphatic carbocycles. The number of hydrogen-bond acceptors (Lipinski definition) is 3. The van der Waals surface area contributed by atoms with Crippen LogP contribution in [-0.2, 0) is 0 Å². The van der Waals surface area contributed by atoms with E-state index in [-0.39, 0.29) is 11.7 Å². The third kappa shape index (κ3) is 3.46. The van der Waals surface area contributed by atoms with E-state index < -0.39 is 0 Å². The van der Waals surface area contributed by atoms with Crippen molar-refractivity contribution in [2.45, 2.75) is 13.3 Å². The zero-order valence-corrected chi connectivity index (χ0v) is 13.2. The molecule has 2 aromatic carbocycles. The Hall–Kier alpha value is -3.08. The van der Waals surface area contributed by atoms with Crippen molar-refractivity contribution in [2.75, 3.05) is 0 Å². The van der Waals surface area contributed by atoms with E-state index in [0.717, 1.165) is 16.5 Å². The maximum atomic E-state index is 13.0. The highest BCUT2D eigenvalue weighted by atomic mass is 19.1. The summed E-state index contributed by atoms with van der Waals surface area (Å²) in [4.78, 5) is 16.6. The van der Waals surface area contributed by atoms with Gasteiger partial charge in [-0.2, -0.15) is 5.10 Å². The van der Waals surface area contributed by atoms with Crippen LogP contribution in [0.5, 0.6) is 0 Å². The molecule has 120 valence electrons. The van der Waals surface area contributed by atoms with Crippen molar-refractivity contribution >= 4 is 22.5 Å². The van der Waals surface area contributed by atoms with Crippen LogP contribution in [0.3, 0.4) is 0 Å². The van der Waals surface area contributed by atoms with E-state index in [9.17, 15) is 9.18 Å². The van der Waals surface area contributed by atoms with E-state index in [1.807, 2.05) is 37.3 Å². The summed E-state index contributed by atoms with van der Waals surface area (Å²) in [5, 5.41) is 5.12. The molecule has 0 bridgehead atoms. The molecule has 1 heterocycles. The predicted octanol–water partition coefficient (Wildman–Crippen LogP) is 3.92. The lowest BCUT2D eigenvalue weighted by molar-refractivity contribution is 0.0950. The van der Waals surface area contributed by atoms with Crippen LogP contribution in [-0.4, -0.2) is 16.6 Å². The number of hydrogen-bond donors (Lipinski definition) is 1. The standard InChI is InChI=1S/C19H16FN3O/c1-2-16(14-7-10-15(20)11-8-14)22-23-19(24)18-12-9-13-5-3-4-6-17(13)21-18/h3-12H,2H2,1H3,(H,23,24). The minimum Gasteiger partial charge on any atom is -0.266 e. The van der Waals surface area contributed by atoms with E-state index in [2.05, 4.69) is 15.5 Å². The number of benzene rings is 2. The van der Waals surface area contributed by atoms with Gasteiger partial charge in [-0.15, -0.1) is 0 Å². The Labute approximate surface area is 139 Å². The highest BCUT2D eigenvalue weighted by Crippen LogP contribution is 2.12. The number of amides is 1. The van der Waals surface area contributed by atoms with Crippen molar-refractivity contribution < 1.29 is 9.18 Å². The second kappa shape index (κ2) is 7.00. The van der Waals surface area contributed by atoms with Gasteiger partial charge in [-0.05, 0) is 36.2 Å². The van der Waals surface area contributed by atoms with Crippen LogP contribution in [0.4, 0.5) is 4.39 Å². The van der Waals surface area contributed by atoms with E-state index in [1.54, 1.807) is 18.2 Å². The van der Waals surface area contributed by atoms with Gasteiger partial charge in [-0.1, -0.05) is 43.3 Å². The maximum absolute atomic E-state index is 13.0. The summed E-state index contributed by atoms with van der Waals surface area (Å²) in [5.41, 5.74) is 5.01. The first kappa shape index (κ1) is 15.8. The number of nitrogens with one attached hydrogen (secondary N) is 1. The Kier molecular flexibility index (Phi) is 4.61. The number of halogens is 1. The third-order valence-electron chi connectivity index (χ3n) is 3.64. The molecule has 0 atom stereocenters. The quantitative estimate of drug-likeness (QED) is 0.585. The molecule has 3 aromatic rings. The van der Waals surface area contributed by atoms with Gasteiger partial charge in [0, 0.05) is 5.39 Å². The smallest absolute Gasteiger partial charge is 0.266 e. The topological polar surface area (TPSA) is 54.4 Å². The third-order valence-corrected chi connectivity index (χ3v) is 3.64. The molecule has 0 radical (unpaired) electrons. The lowest BCUT2D eigenvalue weighted by Gasteiger charge is -2.06. The Bertz CT molecular complexity index is 904. The lowest BCUT2D eigenvalue weighted by atomic mass is 10.1. The first-order valence-electron chi connectivity index (χ1n) is 7.66. The van der Waals surface area contributed by atoms with Crippen molar-refractivity contribution in [2.24, 2.45) is 5.10 Å². The highest BCUT2D eigenvalue weighted by Gasteiger charge is 2.08. The van der Waals surface area contributed by atoms with Gasteiger partial charge < -0.3 is 0 Å². The van der Waals surface area contributed by atoms with Crippen LogP contribution in [0, 0.1) is 5.82 Å². The van der Waals surface area contributed by atoms with Crippen LogP contribution in [0.25, 0.3) is 10.9 Å². The summed E-state index contributed by atoms with van der Waals surface area (Å²) in [6.07, 6.45) is 0.608. The fourth-order valence-electron chi connectivity index (χ4n) is 2.36. The molecule has 0 saturated heterocycles. The van der Waals surface area contributed by atoms with Crippen LogP contribution < -0.4 is 5.43 Å². The van der Waals surface area contributed by atoms with Gasteiger partial charge in [0.05, 0.1) is 11.2 Å². The number of para-hydroxylation sites is 1. The average molecular weight is 321 g/mol. The number of nitrogens with zero attached hydrogens (tertiary/aromatic N) is 2. The van der Waals surface area contributed by atoms with Gasteiger partial charge in [-0.25, -0.2) is 14.8 Å². The normalized spacial score (nSPS) is 11.5. The Morgan fingerprint density at radius 2 is 1.83 bits per heavy atom. The first-order valence-corrected chi connectivity index (χ1v) is 7.66. The Morgan fingerprint density at radius 1 is 1.08 bits per heavy atom. The zero-order valence-electron chi connectivity index (χ0n) is 13.2. The van der Waals surface area contributed by atoms with Gasteiger partial charge in [0.25, 0.3) is 5.91 Å². The van der Waals surface area contributed by atoms with Crippen molar-refractivity contribution in [3.8, 4) is 0 Å². The van der Waals surface area contributed by atoms with Crippen LogP contribution in [0.15, 0.2) is 65.8 Å². The largest absolute Gasteiger partial charge is 0.289 e. The molecular formula is C19H16FN3O. The SMILES string of the molecule is CCC(=NNC(=O)c1ccc2ccccc2n1)c1ccc(F)cc1.